The highest BCUT2D eigenvalue weighted by atomic mass is 19.1. The fraction of sp³-hybridized carbons (Fsp3) is 0.360. The number of carbonyl (C=O) groups is 2. The molecule has 0 bridgehead atoms. The van der Waals surface area contributed by atoms with Crippen LogP contribution in [0.15, 0.2) is 54.6 Å². The van der Waals surface area contributed by atoms with Crippen molar-refractivity contribution in [1.29, 1.82) is 0 Å². The maximum Gasteiger partial charge on any atom is 0.322 e. The molecule has 0 radical (unpaired) electrons. The molecule has 6 nitrogen and oxygen atoms in total. The predicted octanol–water partition coefficient (Wildman–Crippen LogP) is 3.60. The van der Waals surface area contributed by atoms with Gasteiger partial charge in [-0.15, -0.1) is 0 Å². The summed E-state index contributed by atoms with van der Waals surface area (Å²) in [7, 11) is 0. The Hall–Kier alpha value is -3.19. The van der Waals surface area contributed by atoms with Gasteiger partial charge < -0.3 is 20.2 Å². The number of rotatable bonds is 4. The summed E-state index contributed by atoms with van der Waals surface area (Å²) in [4.78, 5) is 28.7. The third kappa shape index (κ3) is 3.66. The Balaban J connectivity index is 1.32. The fourth-order valence-electron chi connectivity index (χ4n) is 5.24. The molecule has 0 saturated carbocycles. The molecule has 7 heteroatoms. The van der Waals surface area contributed by atoms with Crippen molar-refractivity contribution in [2.45, 2.75) is 37.3 Å². The summed E-state index contributed by atoms with van der Waals surface area (Å²) in [6.45, 7) is 0.230. The Morgan fingerprint density at radius 1 is 1.12 bits per heavy atom. The number of urea groups is 1. The van der Waals surface area contributed by atoms with Crippen LogP contribution in [0.3, 0.4) is 0 Å². The summed E-state index contributed by atoms with van der Waals surface area (Å²) in [5, 5.41) is 12.7. The Morgan fingerprint density at radius 3 is 2.53 bits per heavy atom. The van der Waals surface area contributed by atoms with Gasteiger partial charge in [0.05, 0.1) is 18.7 Å². The van der Waals surface area contributed by atoms with Crippen LogP contribution in [-0.2, 0) is 4.79 Å². The summed E-state index contributed by atoms with van der Waals surface area (Å²) < 4.78 is 13.1. The van der Waals surface area contributed by atoms with Crippen molar-refractivity contribution in [2.75, 3.05) is 25.0 Å². The van der Waals surface area contributed by atoms with E-state index >= 15 is 0 Å². The first-order valence-electron chi connectivity index (χ1n) is 11.1. The van der Waals surface area contributed by atoms with Crippen LogP contribution in [0, 0.1) is 5.82 Å². The number of benzene rings is 2. The van der Waals surface area contributed by atoms with E-state index in [9.17, 15) is 19.1 Å². The monoisotopic (exact) mass is 435 g/mol. The maximum absolute atomic E-state index is 13.1. The minimum Gasteiger partial charge on any atom is -0.394 e. The van der Waals surface area contributed by atoms with E-state index in [1.165, 1.54) is 46.7 Å². The minimum atomic E-state index is -0.390. The van der Waals surface area contributed by atoms with E-state index < -0.39 is 0 Å². The zero-order valence-corrected chi connectivity index (χ0v) is 17.7. The van der Waals surface area contributed by atoms with Crippen LogP contribution >= 0.6 is 0 Å². The van der Waals surface area contributed by atoms with Crippen molar-refractivity contribution in [3.63, 3.8) is 0 Å². The summed E-state index contributed by atoms with van der Waals surface area (Å²) >= 11 is 0. The van der Waals surface area contributed by atoms with Gasteiger partial charge in [0.2, 0.25) is 5.91 Å². The number of allylic oxidation sites excluding steroid dienone is 2. The van der Waals surface area contributed by atoms with Gasteiger partial charge in [0.25, 0.3) is 0 Å². The second kappa shape index (κ2) is 8.39. The molecule has 3 amide bonds. The van der Waals surface area contributed by atoms with Crippen molar-refractivity contribution < 1.29 is 19.1 Å². The third-order valence-corrected chi connectivity index (χ3v) is 6.84. The van der Waals surface area contributed by atoms with E-state index in [1.807, 2.05) is 0 Å². The normalized spacial score (nSPS) is 24.6. The molecule has 2 heterocycles. The molecule has 2 fully saturated rings. The highest BCUT2D eigenvalue weighted by molar-refractivity contribution is 5.93. The van der Waals surface area contributed by atoms with Crippen LogP contribution in [-0.4, -0.2) is 58.6 Å². The smallest absolute Gasteiger partial charge is 0.322 e. The minimum absolute atomic E-state index is 0.0306. The highest BCUT2D eigenvalue weighted by Crippen LogP contribution is 2.43. The van der Waals surface area contributed by atoms with E-state index in [1.54, 1.807) is 4.90 Å². The number of hydrogen-bond acceptors (Lipinski definition) is 3. The van der Waals surface area contributed by atoms with Gasteiger partial charge in [0.1, 0.15) is 12.4 Å². The molecule has 3 aliphatic rings. The molecule has 2 N–H and O–H groups in total. The lowest BCUT2D eigenvalue weighted by Crippen LogP contribution is -2.73. The topological polar surface area (TPSA) is 72.9 Å². The number of amides is 3. The number of aliphatic hydroxyl groups excluding tert-OH is 1. The van der Waals surface area contributed by atoms with Crippen LogP contribution in [0.4, 0.5) is 14.9 Å². The Kier molecular flexibility index (Phi) is 5.43. The van der Waals surface area contributed by atoms with Gasteiger partial charge in [0, 0.05) is 18.2 Å². The first-order valence-corrected chi connectivity index (χ1v) is 11.1. The second-order valence-electron chi connectivity index (χ2n) is 8.71. The number of fused-ring (bicyclic) bond motifs is 1. The summed E-state index contributed by atoms with van der Waals surface area (Å²) in [5.74, 6) is -0.579. The lowest BCUT2D eigenvalue weighted by Gasteiger charge is -2.58. The molecule has 0 aromatic heterocycles. The predicted molar refractivity (Wildman–Crippen MR) is 120 cm³/mol. The van der Waals surface area contributed by atoms with Gasteiger partial charge in [-0.2, -0.15) is 0 Å². The highest BCUT2D eigenvalue weighted by Gasteiger charge is 2.54. The summed E-state index contributed by atoms with van der Waals surface area (Å²) in [6.07, 6.45) is 5.71. The molecule has 5 rings (SSSR count). The van der Waals surface area contributed by atoms with Crippen molar-refractivity contribution in [2.24, 2.45) is 0 Å². The van der Waals surface area contributed by atoms with E-state index in [4.69, 9.17) is 0 Å². The van der Waals surface area contributed by atoms with Gasteiger partial charge in [0.15, 0.2) is 0 Å². The third-order valence-electron chi connectivity index (χ3n) is 6.84. The first-order chi connectivity index (χ1) is 15.5. The van der Waals surface area contributed by atoms with E-state index in [0.29, 0.717) is 12.2 Å². The van der Waals surface area contributed by atoms with Gasteiger partial charge in [-0.1, -0.05) is 30.3 Å². The summed E-state index contributed by atoms with van der Waals surface area (Å²) in [6, 6.07) is 13.1. The van der Waals surface area contributed by atoms with Crippen molar-refractivity contribution in [3.8, 4) is 0 Å². The van der Waals surface area contributed by atoms with Gasteiger partial charge >= 0.3 is 6.03 Å². The first kappa shape index (κ1) is 20.7. The largest absolute Gasteiger partial charge is 0.394 e. The van der Waals surface area contributed by atoms with E-state index in [0.717, 1.165) is 18.4 Å². The van der Waals surface area contributed by atoms with Gasteiger partial charge in [-0.3, -0.25) is 4.79 Å². The average molecular weight is 435 g/mol. The molecule has 1 aliphatic carbocycles. The average Bonchev–Trinajstić information content (AvgIpc) is 3.32. The zero-order chi connectivity index (χ0) is 22.2. The SMILES string of the molecule is O=C(Nc1ccc(F)cc1)N1CC(=O)N2[C@@H](CO)[C@@H](c3ccc(C4=CCCC4)cc3)[C@@H]2C1. The molecule has 3 atom stereocenters. The van der Waals surface area contributed by atoms with E-state index in [-0.39, 0.29) is 48.9 Å². The summed E-state index contributed by atoms with van der Waals surface area (Å²) in [5.41, 5.74) is 4.15. The lowest BCUT2D eigenvalue weighted by molar-refractivity contribution is -0.159. The van der Waals surface area contributed by atoms with Crippen LogP contribution in [0.5, 0.6) is 0 Å². The Labute approximate surface area is 186 Å². The number of halogens is 1. The molecule has 2 aromatic rings. The van der Waals surface area contributed by atoms with Crippen LogP contribution in [0.1, 0.15) is 36.3 Å². The standard InChI is InChI=1S/C25H26FN3O3/c26-19-9-11-20(12-10-19)27-25(32)28-13-21-24(22(15-30)29(21)23(31)14-28)18-7-5-17(6-8-18)16-3-1-2-4-16/h3,5-12,21-22,24,30H,1-2,4,13-15H2,(H,27,32)/t21-,22-,24-/m0/s1. The van der Waals surface area contributed by atoms with E-state index in [2.05, 4.69) is 35.7 Å². The van der Waals surface area contributed by atoms with Crippen molar-refractivity contribution >= 4 is 23.2 Å². The Morgan fingerprint density at radius 2 is 1.88 bits per heavy atom. The Bertz CT molecular complexity index is 1050. The molecule has 2 aromatic carbocycles. The molecule has 166 valence electrons. The van der Waals surface area contributed by atoms with Crippen LogP contribution in [0.25, 0.3) is 5.57 Å². The molecule has 32 heavy (non-hydrogen) atoms. The fourth-order valence-corrected chi connectivity index (χ4v) is 5.24. The molecule has 0 spiro atoms. The maximum atomic E-state index is 13.1. The number of nitrogens with one attached hydrogen (secondary N) is 1. The van der Waals surface area contributed by atoms with Crippen LogP contribution in [0.2, 0.25) is 0 Å². The molecule has 2 saturated heterocycles. The quantitative estimate of drug-likeness (QED) is 0.771. The molecular weight excluding hydrogens is 409 g/mol. The number of carbonyl (C=O) groups excluding carboxylic acids is 2. The molecular formula is C25H26FN3O3. The zero-order valence-electron chi connectivity index (χ0n) is 17.7. The number of piperazine rings is 1. The number of anilines is 1. The van der Waals surface area contributed by atoms with Crippen molar-refractivity contribution in [3.05, 3.63) is 71.6 Å². The number of nitrogens with zero attached hydrogens (tertiary/aromatic N) is 2. The number of hydrogen-bond donors (Lipinski definition) is 2. The number of aliphatic hydroxyl groups is 1. The van der Waals surface area contributed by atoms with Gasteiger partial charge in [-0.25, -0.2) is 9.18 Å². The molecule has 0 unspecified atom stereocenters. The molecule has 2 aliphatic heterocycles. The van der Waals surface area contributed by atoms with Gasteiger partial charge in [-0.05, 0) is 60.2 Å². The van der Waals surface area contributed by atoms with Crippen molar-refractivity contribution in [1.82, 2.24) is 9.80 Å². The second-order valence-corrected chi connectivity index (χ2v) is 8.71. The van der Waals surface area contributed by atoms with Crippen LogP contribution < -0.4 is 5.32 Å². The lowest BCUT2D eigenvalue weighted by atomic mass is 9.73.